The van der Waals surface area contributed by atoms with E-state index in [2.05, 4.69) is 150 Å². The van der Waals surface area contributed by atoms with Crippen molar-refractivity contribution < 1.29 is 20.4 Å². The fourth-order valence-electron chi connectivity index (χ4n) is 7.87. The zero-order valence-electron chi connectivity index (χ0n) is 37.8. The lowest BCUT2D eigenvalue weighted by atomic mass is 9.74. The molecule has 0 amide bonds. The molecule has 0 aliphatic carbocycles. The summed E-state index contributed by atoms with van der Waals surface area (Å²) in [5, 5.41) is 42.9. The van der Waals surface area contributed by atoms with Crippen molar-refractivity contribution in [2.75, 3.05) is 0 Å². The fraction of sp³-hybridized carbons (Fsp3) is 0.529. The third kappa shape index (κ3) is 10.7. The number of hydrogen-bond acceptors (Lipinski definition) is 4. The molecule has 4 heteroatoms. The molecule has 0 bridgehead atoms. The van der Waals surface area contributed by atoms with Crippen LogP contribution in [0.5, 0.6) is 23.0 Å². The molecule has 0 aliphatic heterocycles. The van der Waals surface area contributed by atoms with Crippen LogP contribution in [-0.2, 0) is 27.1 Å². The van der Waals surface area contributed by atoms with E-state index in [4.69, 9.17) is 0 Å². The number of hydrogen-bond donors (Lipinski definition) is 4. The van der Waals surface area contributed by atoms with Crippen molar-refractivity contribution in [2.45, 2.75) is 177 Å². The van der Waals surface area contributed by atoms with Crippen LogP contribution in [0.4, 0.5) is 0 Å². The van der Waals surface area contributed by atoms with E-state index in [1.54, 1.807) is 0 Å². The zero-order valence-corrected chi connectivity index (χ0v) is 37.8. The van der Waals surface area contributed by atoms with Crippen LogP contribution in [0.3, 0.4) is 0 Å². The van der Waals surface area contributed by atoms with Gasteiger partial charge in [0.1, 0.15) is 23.0 Å². The van der Waals surface area contributed by atoms with E-state index in [0.717, 1.165) is 50.9 Å². The van der Waals surface area contributed by atoms with Crippen LogP contribution < -0.4 is 0 Å². The molecule has 4 aromatic carbocycles. The topological polar surface area (TPSA) is 80.9 Å². The molecule has 0 radical (unpaired) electrons. The molecule has 0 fully saturated rings. The van der Waals surface area contributed by atoms with Gasteiger partial charge in [-0.3, -0.25) is 0 Å². The zero-order chi connectivity index (χ0) is 42.4. The molecular formula is C51H74O4. The second-order valence-corrected chi connectivity index (χ2v) is 21.3. The Bertz CT molecular complexity index is 1880. The Labute approximate surface area is 335 Å². The van der Waals surface area contributed by atoms with Crippen LogP contribution >= 0.6 is 0 Å². The largest absolute Gasteiger partial charge is 0.508 e. The quantitative estimate of drug-likeness (QED) is 0.164. The molecule has 0 heterocycles. The standard InChI is InChI=1S/C37H52O3.C14H22O/c1-21(25-18-29(35(5,6)7)32(38)15-22(25)2)14-28(26-19-30(36(8,9)10)33(39)16-23(26)3)27-20-31(37(11,12)13)34(40)17-24(27)4;1-13(2,3)10-8-7-9-11(12(10)15)14(4,5)6/h15-21,28,38-40H,14H2,1-13H3;7-9,15H,1-6H3. The number of phenolic OH excluding ortho intramolecular Hbond substituents is 4. The number of rotatable bonds is 5. The van der Waals surface area contributed by atoms with Crippen molar-refractivity contribution >= 4 is 0 Å². The smallest absolute Gasteiger partial charge is 0.123 e. The van der Waals surface area contributed by atoms with Crippen LogP contribution in [0.1, 0.15) is 190 Å². The van der Waals surface area contributed by atoms with E-state index in [9.17, 15) is 20.4 Å². The molecule has 0 saturated heterocycles. The lowest BCUT2D eigenvalue weighted by Crippen LogP contribution is -2.17. The fourth-order valence-corrected chi connectivity index (χ4v) is 7.87. The van der Waals surface area contributed by atoms with E-state index < -0.39 is 0 Å². The highest BCUT2D eigenvalue weighted by atomic mass is 16.3. The van der Waals surface area contributed by atoms with Crippen LogP contribution in [0.2, 0.25) is 0 Å². The van der Waals surface area contributed by atoms with Gasteiger partial charge in [-0.05, 0) is 140 Å². The molecule has 0 aliphatic rings. The van der Waals surface area contributed by atoms with Crippen molar-refractivity contribution in [3.05, 3.63) is 116 Å². The monoisotopic (exact) mass is 751 g/mol. The van der Waals surface area contributed by atoms with E-state index in [0.29, 0.717) is 23.0 Å². The molecule has 1 unspecified atom stereocenters. The molecule has 302 valence electrons. The normalized spacial score (nSPS) is 13.5. The lowest BCUT2D eigenvalue weighted by molar-refractivity contribution is 0.423. The maximum absolute atomic E-state index is 10.9. The third-order valence-corrected chi connectivity index (χ3v) is 11.1. The number of benzene rings is 4. The summed E-state index contributed by atoms with van der Waals surface area (Å²) in [6.45, 7) is 40.5. The predicted octanol–water partition coefficient (Wildman–Crippen LogP) is 13.9. The van der Waals surface area contributed by atoms with Crippen molar-refractivity contribution in [1.29, 1.82) is 0 Å². The summed E-state index contributed by atoms with van der Waals surface area (Å²) in [5.74, 6) is 1.72. The van der Waals surface area contributed by atoms with Gasteiger partial charge in [-0.1, -0.05) is 147 Å². The van der Waals surface area contributed by atoms with Gasteiger partial charge in [0.15, 0.2) is 0 Å². The molecule has 1 atom stereocenters. The first-order valence-corrected chi connectivity index (χ1v) is 20.1. The number of aromatic hydroxyl groups is 4. The van der Waals surface area contributed by atoms with Crippen LogP contribution in [-0.4, -0.2) is 20.4 Å². The maximum atomic E-state index is 10.9. The highest BCUT2D eigenvalue weighted by molar-refractivity contribution is 5.54. The van der Waals surface area contributed by atoms with Crippen LogP contribution in [0.15, 0.2) is 54.6 Å². The van der Waals surface area contributed by atoms with Crippen molar-refractivity contribution in [3.8, 4) is 23.0 Å². The number of aryl methyl sites for hydroxylation is 3. The molecule has 0 saturated carbocycles. The highest BCUT2D eigenvalue weighted by Gasteiger charge is 2.30. The van der Waals surface area contributed by atoms with Gasteiger partial charge in [0.25, 0.3) is 0 Å². The van der Waals surface area contributed by atoms with E-state index in [1.807, 2.05) is 36.4 Å². The average Bonchev–Trinajstić information content (AvgIpc) is 2.97. The summed E-state index contributed by atoms with van der Waals surface area (Å²) >= 11 is 0. The van der Waals surface area contributed by atoms with Gasteiger partial charge in [-0.2, -0.15) is 0 Å². The summed E-state index contributed by atoms with van der Waals surface area (Å²) in [7, 11) is 0. The molecule has 0 spiro atoms. The minimum Gasteiger partial charge on any atom is -0.508 e. The van der Waals surface area contributed by atoms with E-state index >= 15 is 0 Å². The Morgan fingerprint density at radius 2 is 0.691 bits per heavy atom. The average molecular weight is 751 g/mol. The summed E-state index contributed by atoms with van der Waals surface area (Å²) < 4.78 is 0. The van der Waals surface area contributed by atoms with Crippen molar-refractivity contribution in [3.63, 3.8) is 0 Å². The van der Waals surface area contributed by atoms with Gasteiger partial charge in [-0.15, -0.1) is 0 Å². The summed E-state index contributed by atoms with van der Waals surface area (Å²) in [6, 6.07) is 18.4. The first-order valence-electron chi connectivity index (χ1n) is 20.1. The van der Waals surface area contributed by atoms with Crippen molar-refractivity contribution in [2.24, 2.45) is 0 Å². The van der Waals surface area contributed by atoms with E-state index in [-0.39, 0.29) is 38.9 Å². The predicted molar refractivity (Wildman–Crippen MR) is 235 cm³/mol. The Balaban J connectivity index is 0.000000452. The first-order chi connectivity index (χ1) is 24.8. The first kappa shape index (κ1) is 45.5. The second-order valence-electron chi connectivity index (χ2n) is 21.3. The van der Waals surface area contributed by atoms with Gasteiger partial charge in [0, 0.05) is 5.92 Å². The molecular weight excluding hydrogens is 677 g/mol. The summed E-state index contributed by atoms with van der Waals surface area (Å²) in [6.07, 6.45) is 0.847. The minimum atomic E-state index is -0.210. The van der Waals surface area contributed by atoms with Gasteiger partial charge in [0.2, 0.25) is 0 Å². The number of phenols is 4. The molecule has 0 aromatic heterocycles. The third-order valence-electron chi connectivity index (χ3n) is 11.1. The maximum Gasteiger partial charge on any atom is 0.123 e. The van der Waals surface area contributed by atoms with Crippen LogP contribution in [0, 0.1) is 20.8 Å². The van der Waals surface area contributed by atoms with E-state index in [1.165, 1.54) is 16.7 Å². The Morgan fingerprint density at radius 1 is 0.418 bits per heavy atom. The van der Waals surface area contributed by atoms with Crippen LogP contribution in [0.25, 0.3) is 0 Å². The molecule has 4 N–H and O–H groups in total. The lowest BCUT2D eigenvalue weighted by Gasteiger charge is -2.31. The molecule has 4 aromatic rings. The van der Waals surface area contributed by atoms with Gasteiger partial charge in [-0.25, -0.2) is 0 Å². The molecule has 55 heavy (non-hydrogen) atoms. The molecule has 4 nitrogen and oxygen atoms in total. The van der Waals surface area contributed by atoms with Gasteiger partial charge < -0.3 is 20.4 Å². The SMILES string of the molecule is CC(C)(C)c1cccc(C(C)(C)C)c1O.Cc1cc(O)c(C(C)(C)C)cc1C(C)CC(c1cc(C(C)(C)C)c(O)cc1C)c1cc(C(C)(C)C)c(O)cc1C. The Kier molecular flexibility index (Phi) is 13.2. The Hall–Kier alpha value is -3.92. The number of para-hydroxylation sites is 1. The summed E-state index contributed by atoms with van der Waals surface area (Å²) in [4.78, 5) is 0. The minimum absolute atomic E-state index is 0.00859. The van der Waals surface area contributed by atoms with Gasteiger partial charge in [0.05, 0.1) is 0 Å². The molecule has 4 rings (SSSR count). The summed E-state index contributed by atoms with van der Waals surface area (Å²) in [5.41, 5.74) is 11.1. The van der Waals surface area contributed by atoms with Crippen molar-refractivity contribution in [1.82, 2.24) is 0 Å². The van der Waals surface area contributed by atoms with Gasteiger partial charge >= 0.3 is 0 Å². The Morgan fingerprint density at radius 3 is 0.982 bits per heavy atom. The second kappa shape index (κ2) is 15.9. The highest BCUT2D eigenvalue weighted by Crippen LogP contribution is 2.46.